The lowest BCUT2D eigenvalue weighted by atomic mass is 9.96. The normalized spacial score (nSPS) is 14.7. The molecule has 1 rings (SSSR count). The third kappa shape index (κ3) is 3.78. The number of rotatable bonds is 5. The zero-order valence-electron chi connectivity index (χ0n) is 11.9. The summed E-state index contributed by atoms with van der Waals surface area (Å²) in [5.74, 6) is -0.353. The molecule has 0 aromatic heterocycles. The lowest BCUT2D eigenvalue weighted by Gasteiger charge is -2.23. The van der Waals surface area contributed by atoms with Crippen molar-refractivity contribution in [1.29, 1.82) is 0 Å². The van der Waals surface area contributed by atoms with Crippen molar-refractivity contribution >= 4 is 21.6 Å². The fourth-order valence-corrected chi connectivity index (χ4v) is 2.76. The number of hydrogen-bond donors (Lipinski definition) is 3. The SMILES string of the molecule is CCCC(C)(N)C(=O)Nc1cccc(S(N)(=O)=O)c1C. The maximum atomic E-state index is 12.1. The number of nitrogens with one attached hydrogen (secondary N) is 1. The number of sulfonamides is 1. The van der Waals surface area contributed by atoms with E-state index in [-0.39, 0.29) is 10.8 Å². The summed E-state index contributed by atoms with van der Waals surface area (Å²) >= 11 is 0. The molecule has 0 fully saturated rings. The highest BCUT2D eigenvalue weighted by Crippen LogP contribution is 2.23. The summed E-state index contributed by atoms with van der Waals surface area (Å²) < 4.78 is 22.9. The average molecular weight is 299 g/mol. The van der Waals surface area contributed by atoms with Gasteiger partial charge in [-0.25, -0.2) is 13.6 Å². The molecule has 1 aromatic carbocycles. The summed E-state index contributed by atoms with van der Waals surface area (Å²) in [6, 6.07) is 4.54. The van der Waals surface area contributed by atoms with Crippen LogP contribution in [0.5, 0.6) is 0 Å². The van der Waals surface area contributed by atoms with Crippen LogP contribution in [0, 0.1) is 6.92 Å². The van der Waals surface area contributed by atoms with Crippen LogP contribution in [0.3, 0.4) is 0 Å². The fraction of sp³-hybridized carbons (Fsp3) is 0.462. The van der Waals surface area contributed by atoms with Crippen LogP contribution in [0.25, 0.3) is 0 Å². The van der Waals surface area contributed by atoms with Crippen LogP contribution in [0.1, 0.15) is 32.3 Å². The molecule has 0 aliphatic heterocycles. The van der Waals surface area contributed by atoms with Gasteiger partial charge in [0.15, 0.2) is 0 Å². The molecule has 112 valence electrons. The van der Waals surface area contributed by atoms with Crippen molar-refractivity contribution in [3.63, 3.8) is 0 Å². The van der Waals surface area contributed by atoms with Gasteiger partial charge >= 0.3 is 0 Å². The van der Waals surface area contributed by atoms with E-state index in [2.05, 4.69) is 5.32 Å². The maximum Gasteiger partial charge on any atom is 0.244 e. The van der Waals surface area contributed by atoms with Crippen molar-refractivity contribution < 1.29 is 13.2 Å². The van der Waals surface area contributed by atoms with Gasteiger partial charge in [0.25, 0.3) is 0 Å². The average Bonchev–Trinajstić information content (AvgIpc) is 2.30. The first-order valence-corrected chi connectivity index (χ1v) is 7.87. The number of anilines is 1. The summed E-state index contributed by atoms with van der Waals surface area (Å²) in [7, 11) is -3.82. The van der Waals surface area contributed by atoms with Crippen molar-refractivity contribution in [2.24, 2.45) is 10.9 Å². The summed E-state index contributed by atoms with van der Waals surface area (Å²) in [6.45, 7) is 5.17. The molecule has 0 aliphatic carbocycles. The molecule has 0 radical (unpaired) electrons. The highest BCUT2D eigenvalue weighted by Gasteiger charge is 2.28. The van der Waals surface area contributed by atoms with Gasteiger partial charge in [-0.3, -0.25) is 4.79 Å². The Morgan fingerprint density at radius 1 is 1.40 bits per heavy atom. The highest BCUT2D eigenvalue weighted by atomic mass is 32.2. The molecule has 7 heteroatoms. The topological polar surface area (TPSA) is 115 Å². The first-order chi connectivity index (χ1) is 9.09. The summed E-state index contributed by atoms with van der Waals surface area (Å²) in [5.41, 5.74) is 5.73. The molecule has 0 saturated carbocycles. The molecule has 1 aromatic rings. The van der Waals surface area contributed by atoms with Gasteiger partial charge in [0, 0.05) is 5.69 Å². The molecule has 6 nitrogen and oxygen atoms in total. The molecule has 0 spiro atoms. The molecule has 0 heterocycles. The molecule has 5 N–H and O–H groups in total. The third-order valence-electron chi connectivity index (χ3n) is 3.13. The van der Waals surface area contributed by atoms with E-state index in [0.29, 0.717) is 17.7 Å². The predicted molar refractivity (Wildman–Crippen MR) is 78.7 cm³/mol. The summed E-state index contributed by atoms with van der Waals surface area (Å²) in [6.07, 6.45) is 1.31. The molecule has 0 aliphatic rings. The van der Waals surface area contributed by atoms with Gasteiger partial charge < -0.3 is 11.1 Å². The van der Waals surface area contributed by atoms with Gasteiger partial charge in [0.2, 0.25) is 15.9 Å². The summed E-state index contributed by atoms with van der Waals surface area (Å²) in [5, 5.41) is 7.79. The molecule has 1 amide bonds. The van der Waals surface area contributed by atoms with Crippen LogP contribution < -0.4 is 16.2 Å². The highest BCUT2D eigenvalue weighted by molar-refractivity contribution is 7.89. The van der Waals surface area contributed by atoms with Crippen molar-refractivity contribution in [2.45, 2.75) is 44.0 Å². The minimum Gasteiger partial charge on any atom is -0.324 e. The minimum absolute atomic E-state index is 0.00971. The smallest absolute Gasteiger partial charge is 0.244 e. The number of carbonyl (C=O) groups excluding carboxylic acids is 1. The minimum atomic E-state index is -3.82. The molecule has 20 heavy (non-hydrogen) atoms. The Kier molecular flexibility index (Phi) is 4.90. The molecule has 0 saturated heterocycles. The van der Waals surface area contributed by atoms with E-state index in [4.69, 9.17) is 10.9 Å². The number of primary sulfonamides is 1. The number of nitrogens with two attached hydrogens (primary N) is 2. The van der Waals surface area contributed by atoms with E-state index in [1.165, 1.54) is 12.1 Å². The Labute approximate surface area is 119 Å². The zero-order chi connectivity index (χ0) is 15.6. The number of benzene rings is 1. The lowest BCUT2D eigenvalue weighted by molar-refractivity contribution is -0.120. The standard InChI is InChI=1S/C13H21N3O3S/c1-4-8-13(3,14)12(17)16-10-6-5-7-11(9(10)2)20(15,18)19/h5-7H,4,8,14H2,1-3H3,(H,16,17)(H2,15,18,19). The van der Waals surface area contributed by atoms with Gasteiger partial charge in [-0.1, -0.05) is 19.4 Å². The van der Waals surface area contributed by atoms with Gasteiger partial charge in [0.05, 0.1) is 10.4 Å². The molecule has 1 unspecified atom stereocenters. The number of amides is 1. The predicted octanol–water partition coefficient (Wildman–Crippen LogP) is 1.10. The van der Waals surface area contributed by atoms with Gasteiger partial charge in [-0.2, -0.15) is 0 Å². The van der Waals surface area contributed by atoms with E-state index in [1.807, 2.05) is 6.92 Å². The van der Waals surface area contributed by atoms with Crippen LogP contribution in [-0.4, -0.2) is 19.9 Å². The first-order valence-electron chi connectivity index (χ1n) is 6.32. The first kappa shape index (κ1) is 16.6. The number of carbonyl (C=O) groups is 1. The Morgan fingerprint density at radius 3 is 2.50 bits per heavy atom. The van der Waals surface area contributed by atoms with Crippen molar-refractivity contribution in [3.05, 3.63) is 23.8 Å². The van der Waals surface area contributed by atoms with Gasteiger partial charge in [-0.05, 0) is 38.0 Å². The van der Waals surface area contributed by atoms with Gasteiger partial charge in [0.1, 0.15) is 0 Å². The third-order valence-corrected chi connectivity index (χ3v) is 4.18. The quantitative estimate of drug-likeness (QED) is 0.755. The molecular weight excluding hydrogens is 278 g/mol. The number of hydrogen-bond acceptors (Lipinski definition) is 4. The van der Waals surface area contributed by atoms with Crippen molar-refractivity contribution in [1.82, 2.24) is 0 Å². The van der Waals surface area contributed by atoms with E-state index >= 15 is 0 Å². The second kappa shape index (κ2) is 5.90. The van der Waals surface area contributed by atoms with Crippen LogP contribution >= 0.6 is 0 Å². The van der Waals surface area contributed by atoms with Gasteiger partial charge in [-0.15, -0.1) is 0 Å². The molecular formula is C13H21N3O3S. The second-order valence-corrected chi connectivity index (χ2v) is 6.63. The molecule has 1 atom stereocenters. The summed E-state index contributed by atoms with van der Waals surface area (Å²) in [4.78, 5) is 12.1. The van der Waals surface area contributed by atoms with Crippen LogP contribution in [0.2, 0.25) is 0 Å². The van der Waals surface area contributed by atoms with Crippen molar-refractivity contribution in [3.8, 4) is 0 Å². The lowest BCUT2D eigenvalue weighted by Crippen LogP contribution is -2.48. The fourth-order valence-electron chi connectivity index (χ4n) is 1.96. The molecule has 0 bridgehead atoms. The van der Waals surface area contributed by atoms with E-state index in [1.54, 1.807) is 19.9 Å². The Hall–Kier alpha value is -1.44. The maximum absolute atomic E-state index is 12.1. The van der Waals surface area contributed by atoms with Crippen LogP contribution in [0.15, 0.2) is 23.1 Å². The monoisotopic (exact) mass is 299 g/mol. The zero-order valence-corrected chi connectivity index (χ0v) is 12.8. The van der Waals surface area contributed by atoms with Crippen molar-refractivity contribution in [2.75, 3.05) is 5.32 Å². The second-order valence-electron chi connectivity index (χ2n) is 5.10. The van der Waals surface area contributed by atoms with E-state index < -0.39 is 15.6 Å². The Bertz CT molecular complexity index is 609. The van der Waals surface area contributed by atoms with E-state index in [9.17, 15) is 13.2 Å². The Balaban J connectivity index is 3.09. The largest absolute Gasteiger partial charge is 0.324 e. The Morgan fingerprint density at radius 2 is 2.00 bits per heavy atom. The van der Waals surface area contributed by atoms with Crippen LogP contribution in [-0.2, 0) is 14.8 Å². The van der Waals surface area contributed by atoms with E-state index in [0.717, 1.165) is 6.42 Å². The van der Waals surface area contributed by atoms with Crippen LogP contribution in [0.4, 0.5) is 5.69 Å².